The van der Waals surface area contributed by atoms with E-state index in [1.807, 2.05) is 0 Å². The Kier molecular flexibility index (Phi) is 6.12. The number of benzene rings is 1. The van der Waals surface area contributed by atoms with Crippen molar-refractivity contribution in [2.75, 3.05) is 26.1 Å². The molecule has 0 saturated carbocycles. The van der Waals surface area contributed by atoms with Gasteiger partial charge in [0.1, 0.15) is 22.1 Å². The largest absolute Gasteiger partial charge is 0.497 e. The molecule has 0 atom stereocenters. The van der Waals surface area contributed by atoms with Gasteiger partial charge in [-0.2, -0.15) is 0 Å². The lowest BCUT2D eigenvalue weighted by Gasteiger charge is -2.09. The van der Waals surface area contributed by atoms with Crippen LogP contribution in [0.3, 0.4) is 0 Å². The standard InChI is InChI=1S/C16H16N2O7S/c1-4-25-16(20)12-8-13(18(21)22)26-15(12)17-14(19)9-5-10(23-2)7-11(6-9)24-3/h5-8H,4H2,1-3H3,(H,17,19). The summed E-state index contributed by atoms with van der Waals surface area (Å²) >= 11 is 0.670. The highest BCUT2D eigenvalue weighted by Crippen LogP contribution is 2.35. The number of ether oxygens (including phenoxy) is 3. The van der Waals surface area contributed by atoms with Gasteiger partial charge in [-0.25, -0.2) is 4.79 Å². The molecule has 1 heterocycles. The van der Waals surface area contributed by atoms with E-state index in [4.69, 9.17) is 14.2 Å². The molecule has 1 N–H and O–H groups in total. The number of rotatable bonds is 7. The molecule has 0 spiro atoms. The van der Waals surface area contributed by atoms with Crippen molar-refractivity contribution in [2.24, 2.45) is 0 Å². The smallest absolute Gasteiger partial charge is 0.341 e. The number of nitrogens with one attached hydrogen (secondary N) is 1. The molecule has 1 amide bonds. The number of carbonyl (C=O) groups is 2. The molecule has 1 aromatic carbocycles. The first kappa shape index (κ1) is 19.2. The third kappa shape index (κ3) is 4.28. The molecule has 138 valence electrons. The van der Waals surface area contributed by atoms with E-state index < -0.39 is 16.8 Å². The monoisotopic (exact) mass is 380 g/mol. The lowest BCUT2D eigenvalue weighted by molar-refractivity contribution is -0.380. The molecular formula is C16H16N2O7S. The second-order valence-corrected chi connectivity index (χ2v) is 5.89. The number of amides is 1. The molecule has 0 bridgehead atoms. The van der Waals surface area contributed by atoms with Crippen LogP contribution < -0.4 is 14.8 Å². The van der Waals surface area contributed by atoms with Crippen molar-refractivity contribution >= 4 is 33.2 Å². The number of methoxy groups -OCH3 is 2. The second kappa shape index (κ2) is 8.30. The van der Waals surface area contributed by atoms with Gasteiger partial charge in [-0.15, -0.1) is 0 Å². The van der Waals surface area contributed by atoms with Crippen LogP contribution in [-0.2, 0) is 4.74 Å². The normalized spacial score (nSPS) is 10.1. The van der Waals surface area contributed by atoms with Gasteiger partial charge in [0.15, 0.2) is 0 Å². The highest BCUT2D eigenvalue weighted by Gasteiger charge is 2.24. The Morgan fingerprint density at radius 2 is 1.77 bits per heavy atom. The summed E-state index contributed by atoms with van der Waals surface area (Å²) in [4.78, 5) is 34.9. The van der Waals surface area contributed by atoms with Crippen molar-refractivity contribution in [1.82, 2.24) is 0 Å². The van der Waals surface area contributed by atoms with E-state index in [1.54, 1.807) is 13.0 Å². The molecular weight excluding hydrogens is 364 g/mol. The highest BCUT2D eigenvalue weighted by molar-refractivity contribution is 7.19. The zero-order valence-corrected chi connectivity index (χ0v) is 15.0. The number of nitrogens with zero attached hydrogens (tertiary/aromatic N) is 1. The predicted molar refractivity (Wildman–Crippen MR) is 94.4 cm³/mol. The summed E-state index contributed by atoms with van der Waals surface area (Å²) in [5.41, 5.74) is 0.124. The number of thiophene rings is 1. The molecule has 26 heavy (non-hydrogen) atoms. The van der Waals surface area contributed by atoms with Crippen molar-refractivity contribution in [3.63, 3.8) is 0 Å². The number of anilines is 1. The van der Waals surface area contributed by atoms with Gasteiger partial charge in [0.2, 0.25) is 0 Å². The van der Waals surface area contributed by atoms with Crippen molar-refractivity contribution in [2.45, 2.75) is 6.92 Å². The Balaban J connectivity index is 2.36. The summed E-state index contributed by atoms with van der Waals surface area (Å²) in [6.07, 6.45) is 0. The minimum Gasteiger partial charge on any atom is -0.497 e. The SMILES string of the molecule is CCOC(=O)c1cc([N+](=O)[O-])sc1NC(=O)c1cc(OC)cc(OC)c1. The van der Waals surface area contributed by atoms with Crippen molar-refractivity contribution in [1.29, 1.82) is 0 Å². The Morgan fingerprint density at radius 1 is 1.15 bits per heavy atom. The zero-order chi connectivity index (χ0) is 19.3. The van der Waals surface area contributed by atoms with E-state index in [9.17, 15) is 19.7 Å². The molecule has 0 unspecified atom stereocenters. The summed E-state index contributed by atoms with van der Waals surface area (Å²) in [6, 6.07) is 5.62. The van der Waals surface area contributed by atoms with Crippen LogP contribution in [0, 0.1) is 10.1 Å². The van der Waals surface area contributed by atoms with E-state index in [1.165, 1.54) is 26.4 Å². The van der Waals surface area contributed by atoms with Crippen LogP contribution in [0.2, 0.25) is 0 Å². The predicted octanol–water partition coefficient (Wildman–Crippen LogP) is 3.10. The minimum absolute atomic E-state index is 0.0296. The fourth-order valence-corrected chi connectivity index (χ4v) is 2.89. The average Bonchev–Trinajstić information content (AvgIpc) is 3.05. The van der Waals surface area contributed by atoms with Gasteiger partial charge in [-0.05, 0) is 30.4 Å². The summed E-state index contributed by atoms with van der Waals surface area (Å²) in [5, 5.41) is 13.2. The van der Waals surface area contributed by atoms with Gasteiger partial charge in [0.25, 0.3) is 5.91 Å². The van der Waals surface area contributed by atoms with Gasteiger partial charge in [-0.3, -0.25) is 14.9 Å². The fourth-order valence-electron chi connectivity index (χ4n) is 2.04. The quantitative estimate of drug-likeness (QED) is 0.445. The van der Waals surface area contributed by atoms with Crippen molar-refractivity contribution < 1.29 is 28.7 Å². The minimum atomic E-state index is -0.754. The lowest BCUT2D eigenvalue weighted by Crippen LogP contribution is -2.14. The second-order valence-electron chi connectivity index (χ2n) is 4.86. The number of esters is 1. The first-order valence-electron chi connectivity index (χ1n) is 7.39. The Hall–Kier alpha value is -3.14. The molecule has 0 saturated heterocycles. The van der Waals surface area contributed by atoms with E-state index in [-0.39, 0.29) is 27.7 Å². The first-order valence-corrected chi connectivity index (χ1v) is 8.21. The van der Waals surface area contributed by atoms with E-state index in [0.29, 0.717) is 22.8 Å². The van der Waals surface area contributed by atoms with Gasteiger partial charge in [0, 0.05) is 17.7 Å². The number of hydrogen-bond acceptors (Lipinski definition) is 8. The van der Waals surface area contributed by atoms with Gasteiger partial charge >= 0.3 is 11.0 Å². The Labute approximate surface area is 152 Å². The van der Waals surface area contributed by atoms with Crippen LogP contribution in [-0.4, -0.2) is 37.6 Å². The number of nitro groups is 1. The van der Waals surface area contributed by atoms with Crippen LogP contribution in [0.1, 0.15) is 27.6 Å². The third-order valence-electron chi connectivity index (χ3n) is 3.24. The molecule has 10 heteroatoms. The van der Waals surface area contributed by atoms with Crippen LogP contribution in [0.5, 0.6) is 11.5 Å². The molecule has 0 aliphatic carbocycles. The molecule has 0 aliphatic rings. The summed E-state index contributed by atoms with van der Waals surface area (Å²) in [6.45, 7) is 1.71. The molecule has 1 aromatic heterocycles. The fraction of sp³-hybridized carbons (Fsp3) is 0.250. The van der Waals surface area contributed by atoms with Crippen LogP contribution in [0.4, 0.5) is 10.0 Å². The maximum Gasteiger partial charge on any atom is 0.341 e. The van der Waals surface area contributed by atoms with Gasteiger partial charge < -0.3 is 19.5 Å². The van der Waals surface area contributed by atoms with E-state index in [2.05, 4.69) is 5.32 Å². The Morgan fingerprint density at radius 3 is 2.27 bits per heavy atom. The number of hydrogen-bond donors (Lipinski definition) is 1. The Bertz CT molecular complexity index is 825. The summed E-state index contributed by atoms with van der Waals surface area (Å²) in [7, 11) is 2.88. The molecule has 0 fully saturated rings. The molecule has 9 nitrogen and oxygen atoms in total. The maximum absolute atomic E-state index is 12.5. The maximum atomic E-state index is 12.5. The molecule has 0 aliphatic heterocycles. The average molecular weight is 380 g/mol. The van der Waals surface area contributed by atoms with E-state index >= 15 is 0 Å². The molecule has 0 radical (unpaired) electrons. The third-order valence-corrected chi connectivity index (χ3v) is 4.24. The topological polar surface area (TPSA) is 117 Å². The van der Waals surface area contributed by atoms with Crippen molar-refractivity contribution in [3.8, 4) is 11.5 Å². The van der Waals surface area contributed by atoms with Gasteiger partial charge in [-0.1, -0.05) is 0 Å². The van der Waals surface area contributed by atoms with Crippen LogP contribution >= 0.6 is 11.3 Å². The van der Waals surface area contributed by atoms with Gasteiger partial charge in [0.05, 0.1) is 25.7 Å². The highest BCUT2D eigenvalue weighted by atomic mass is 32.1. The van der Waals surface area contributed by atoms with Crippen molar-refractivity contribution in [3.05, 3.63) is 45.5 Å². The van der Waals surface area contributed by atoms with Crippen LogP contribution in [0.25, 0.3) is 0 Å². The van der Waals surface area contributed by atoms with Crippen LogP contribution in [0.15, 0.2) is 24.3 Å². The summed E-state index contributed by atoms with van der Waals surface area (Å²) in [5.74, 6) is -0.533. The zero-order valence-electron chi connectivity index (χ0n) is 14.2. The first-order chi connectivity index (χ1) is 12.4. The molecule has 2 rings (SSSR count). The lowest BCUT2D eigenvalue weighted by atomic mass is 10.2. The summed E-state index contributed by atoms with van der Waals surface area (Å²) < 4.78 is 15.1. The van der Waals surface area contributed by atoms with E-state index in [0.717, 1.165) is 6.07 Å². The number of carbonyl (C=O) groups excluding carboxylic acids is 2. The molecule has 2 aromatic rings.